The third-order valence-electron chi connectivity index (χ3n) is 6.24. The third-order valence-corrected chi connectivity index (χ3v) is 6.49. The molecule has 2 aromatic carbocycles. The number of amides is 2. The molecule has 1 unspecified atom stereocenters. The number of para-hydroxylation sites is 2. The average Bonchev–Trinajstić information content (AvgIpc) is 3.38. The number of rotatable bonds is 3. The lowest BCUT2D eigenvalue weighted by molar-refractivity contribution is -0.140. The van der Waals surface area contributed by atoms with Gasteiger partial charge in [0.1, 0.15) is 11.7 Å². The number of anilines is 1. The van der Waals surface area contributed by atoms with Gasteiger partial charge in [0.2, 0.25) is 11.8 Å². The summed E-state index contributed by atoms with van der Waals surface area (Å²) in [6.07, 6.45) is 2.27. The highest BCUT2D eigenvalue weighted by molar-refractivity contribution is 6.30. The Morgan fingerprint density at radius 3 is 2.47 bits per heavy atom. The first-order valence-corrected chi connectivity index (χ1v) is 10.8. The van der Waals surface area contributed by atoms with Crippen molar-refractivity contribution in [3.05, 3.63) is 59.4 Å². The van der Waals surface area contributed by atoms with E-state index in [0.29, 0.717) is 37.0 Å². The highest BCUT2D eigenvalue weighted by Crippen LogP contribution is 2.31. The molecule has 5 rings (SSSR count). The monoisotopic (exact) mass is 422 g/mol. The van der Waals surface area contributed by atoms with Gasteiger partial charge in [-0.15, -0.1) is 0 Å². The van der Waals surface area contributed by atoms with Gasteiger partial charge in [-0.05, 0) is 55.7 Å². The van der Waals surface area contributed by atoms with Crippen LogP contribution in [0.2, 0.25) is 5.02 Å². The van der Waals surface area contributed by atoms with Crippen LogP contribution >= 0.6 is 11.6 Å². The molecule has 2 saturated heterocycles. The SMILES string of the molecule is O=C(C1CCN(c2ccc(Cl)cc2)C1=O)N1CCC(c2nc3ccccc3[nH]2)CC1. The molecule has 30 heavy (non-hydrogen) atoms. The maximum Gasteiger partial charge on any atom is 0.239 e. The van der Waals surface area contributed by atoms with E-state index in [4.69, 9.17) is 16.6 Å². The lowest BCUT2D eigenvalue weighted by Crippen LogP contribution is -2.43. The van der Waals surface area contributed by atoms with Gasteiger partial charge in [-0.3, -0.25) is 9.59 Å². The minimum absolute atomic E-state index is 0.0421. The van der Waals surface area contributed by atoms with Gasteiger partial charge in [0.25, 0.3) is 0 Å². The first kappa shape index (κ1) is 19.1. The van der Waals surface area contributed by atoms with E-state index < -0.39 is 5.92 Å². The van der Waals surface area contributed by atoms with Crippen molar-refractivity contribution < 1.29 is 9.59 Å². The summed E-state index contributed by atoms with van der Waals surface area (Å²) < 4.78 is 0. The van der Waals surface area contributed by atoms with Gasteiger partial charge in [0.05, 0.1) is 11.0 Å². The lowest BCUT2D eigenvalue weighted by atomic mass is 9.94. The van der Waals surface area contributed by atoms with Gasteiger partial charge in [-0.2, -0.15) is 0 Å². The van der Waals surface area contributed by atoms with Gasteiger partial charge in [0.15, 0.2) is 0 Å². The molecule has 6 nitrogen and oxygen atoms in total. The van der Waals surface area contributed by atoms with Crippen molar-refractivity contribution in [3.63, 3.8) is 0 Å². The minimum atomic E-state index is -0.580. The number of fused-ring (bicyclic) bond motifs is 1. The second-order valence-electron chi connectivity index (χ2n) is 8.05. The molecule has 0 saturated carbocycles. The van der Waals surface area contributed by atoms with E-state index in [1.54, 1.807) is 17.0 Å². The molecule has 3 heterocycles. The van der Waals surface area contributed by atoms with Gasteiger partial charge in [-0.25, -0.2) is 4.98 Å². The molecular formula is C23H23ClN4O2. The Kier molecular flexibility index (Phi) is 4.95. The molecule has 1 atom stereocenters. The van der Waals surface area contributed by atoms with Crippen LogP contribution in [0.15, 0.2) is 48.5 Å². The van der Waals surface area contributed by atoms with Crippen LogP contribution in [0.5, 0.6) is 0 Å². The van der Waals surface area contributed by atoms with Crippen LogP contribution in [-0.2, 0) is 9.59 Å². The molecule has 0 aliphatic carbocycles. The standard InChI is InChI=1S/C23H23ClN4O2/c24-16-5-7-17(8-6-16)28-14-11-18(23(28)30)22(29)27-12-9-15(10-13-27)21-25-19-3-1-2-4-20(19)26-21/h1-8,15,18H,9-14H2,(H,25,26). The molecule has 0 spiro atoms. The van der Waals surface area contributed by atoms with Gasteiger partial charge in [-0.1, -0.05) is 23.7 Å². The van der Waals surface area contributed by atoms with E-state index in [1.165, 1.54) is 0 Å². The maximum atomic E-state index is 13.1. The first-order chi connectivity index (χ1) is 14.6. The summed E-state index contributed by atoms with van der Waals surface area (Å²) >= 11 is 5.94. The van der Waals surface area contributed by atoms with Crippen LogP contribution in [0, 0.1) is 5.92 Å². The molecule has 2 fully saturated rings. The first-order valence-electron chi connectivity index (χ1n) is 10.4. The number of benzene rings is 2. The summed E-state index contributed by atoms with van der Waals surface area (Å²) in [5.41, 5.74) is 2.82. The molecule has 2 aliphatic rings. The van der Waals surface area contributed by atoms with Crippen LogP contribution in [0.1, 0.15) is 31.0 Å². The molecule has 1 N–H and O–H groups in total. The molecular weight excluding hydrogens is 400 g/mol. The number of piperidine rings is 1. The zero-order valence-electron chi connectivity index (χ0n) is 16.6. The van der Waals surface area contributed by atoms with E-state index in [-0.39, 0.29) is 11.8 Å². The number of H-pyrrole nitrogens is 1. The van der Waals surface area contributed by atoms with Crippen LogP contribution in [-0.4, -0.2) is 46.3 Å². The van der Waals surface area contributed by atoms with Crippen LogP contribution in [0.4, 0.5) is 5.69 Å². The lowest BCUT2D eigenvalue weighted by Gasteiger charge is -2.32. The van der Waals surface area contributed by atoms with E-state index in [9.17, 15) is 9.59 Å². The van der Waals surface area contributed by atoms with Crippen molar-refractivity contribution in [2.45, 2.75) is 25.2 Å². The van der Waals surface area contributed by atoms with Gasteiger partial charge in [0, 0.05) is 36.3 Å². The topological polar surface area (TPSA) is 69.3 Å². The van der Waals surface area contributed by atoms with E-state index in [2.05, 4.69) is 4.98 Å². The van der Waals surface area contributed by atoms with Crippen LogP contribution in [0.25, 0.3) is 11.0 Å². The number of aromatic nitrogens is 2. The number of carbonyl (C=O) groups is 2. The average molecular weight is 423 g/mol. The smallest absolute Gasteiger partial charge is 0.239 e. The molecule has 154 valence electrons. The van der Waals surface area contributed by atoms with Crippen molar-refractivity contribution >= 4 is 40.1 Å². The van der Waals surface area contributed by atoms with Gasteiger partial charge < -0.3 is 14.8 Å². The van der Waals surface area contributed by atoms with Crippen molar-refractivity contribution in [3.8, 4) is 0 Å². The summed E-state index contributed by atoms with van der Waals surface area (Å²) in [5, 5.41) is 0.630. The number of imidazole rings is 1. The Hall–Kier alpha value is -2.86. The normalized spacial score (nSPS) is 20.3. The van der Waals surface area contributed by atoms with Gasteiger partial charge >= 0.3 is 0 Å². The number of hydrogen-bond acceptors (Lipinski definition) is 3. The highest BCUT2D eigenvalue weighted by Gasteiger charge is 2.40. The Morgan fingerprint density at radius 2 is 1.73 bits per heavy atom. The summed E-state index contributed by atoms with van der Waals surface area (Å²) in [5.74, 6) is 0.574. The fourth-order valence-electron chi connectivity index (χ4n) is 4.55. The van der Waals surface area contributed by atoms with Crippen molar-refractivity contribution in [2.75, 3.05) is 24.5 Å². The van der Waals surface area contributed by atoms with E-state index in [0.717, 1.165) is 35.4 Å². The predicted molar refractivity (Wildman–Crippen MR) is 117 cm³/mol. The zero-order valence-corrected chi connectivity index (χ0v) is 17.3. The number of nitrogens with zero attached hydrogens (tertiary/aromatic N) is 3. The van der Waals surface area contributed by atoms with E-state index >= 15 is 0 Å². The summed E-state index contributed by atoms with van der Waals surface area (Å²) in [6.45, 7) is 1.88. The minimum Gasteiger partial charge on any atom is -0.342 e. The summed E-state index contributed by atoms with van der Waals surface area (Å²) in [7, 11) is 0. The highest BCUT2D eigenvalue weighted by atomic mass is 35.5. The molecule has 0 bridgehead atoms. The molecule has 2 aliphatic heterocycles. The number of aromatic amines is 1. The Bertz CT molecular complexity index is 1050. The fourth-order valence-corrected chi connectivity index (χ4v) is 4.67. The van der Waals surface area contributed by atoms with Crippen molar-refractivity contribution in [1.82, 2.24) is 14.9 Å². The maximum absolute atomic E-state index is 13.1. The Labute approximate surface area is 179 Å². The fraction of sp³-hybridized carbons (Fsp3) is 0.348. The number of carbonyl (C=O) groups excluding carboxylic acids is 2. The largest absolute Gasteiger partial charge is 0.342 e. The van der Waals surface area contributed by atoms with E-state index in [1.807, 2.05) is 41.3 Å². The number of halogens is 1. The Balaban J connectivity index is 1.22. The quantitative estimate of drug-likeness (QED) is 0.649. The summed E-state index contributed by atoms with van der Waals surface area (Å²) in [4.78, 5) is 37.6. The predicted octanol–water partition coefficient (Wildman–Crippen LogP) is 3.98. The second kappa shape index (κ2) is 7.76. The van der Waals surface area contributed by atoms with Crippen LogP contribution in [0.3, 0.4) is 0 Å². The molecule has 7 heteroatoms. The molecule has 0 radical (unpaired) electrons. The number of nitrogens with one attached hydrogen (secondary N) is 1. The third kappa shape index (κ3) is 3.45. The molecule has 3 aromatic rings. The second-order valence-corrected chi connectivity index (χ2v) is 8.48. The zero-order chi connectivity index (χ0) is 20.7. The van der Waals surface area contributed by atoms with Crippen molar-refractivity contribution in [1.29, 1.82) is 0 Å². The summed E-state index contributed by atoms with van der Waals surface area (Å²) in [6, 6.07) is 15.2. The molecule has 2 amide bonds. The molecule has 1 aromatic heterocycles. The number of likely N-dealkylation sites (tertiary alicyclic amines) is 1. The Morgan fingerprint density at radius 1 is 1.00 bits per heavy atom. The van der Waals surface area contributed by atoms with Crippen molar-refractivity contribution in [2.24, 2.45) is 5.92 Å². The number of hydrogen-bond donors (Lipinski definition) is 1. The van der Waals surface area contributed by atoms with Crippen LogP contribution < -0.4 is 4.90 Å².